The number of carbonyl (C=O) groups excluding carboxylic acids is 2. The maximum atomic E-state index is 12.8. The normalized spacial score (nSPS) is 27.9. The fraction of sp³-hybridized carbons (Fsp3) is 0.583. The van der Waals surface area contributed by atoms with Crippen molar-refractivity contribution < 1.29 is 14.3 Å². The molecule has 0 saturated carbocycles. The number of hydrogen-bond acceptors (Lipinski definition) is 5. The average molecular weight is 412 g/mol. The zero-order valence-corrected chi connectivity index (χ0v) is 18.0. The third-order valence-electron chi connectivity index (χ3n) is 6.64. The molecule has 4 aliphatic rings. The number of ether oxygens (including phenoxy) is 1. The zero-order valence-electron chi connectivity index (χ0n) is 18.0. The quantitative estimate of drug-likeness (QED) is 0.628. The van der Waals surface area contributed by atoms with E-state index in [9.17, 15) is 9.59 Å². The molecule has 0 bridgehead atoms. The van der Waals surface area contributed by atoms with E-state index in [4.69, 9.17) is 4.74 Å². The van der Waals surface area contributed by atoms with Crippen LogP contribution in [0.1, 0.15) is 25.7 Å². The van der Waals surface area contributed by atoms with E-state index in [-0.39, 0.29) is 17.6 Å². The standard InChI is InChI=1S/C24H33N3O3/c1-30-22-10-6-5-9-21(22)26-15-13-25(14-16-26)18-20-11-12-27(24(29)23(20)28)17-19-7-3-2-4-8-19/h2-4,7,9-10,19-20H,5-6,8,11-18H2,1H3. The van der Waals surface area contributed by atoms with Crippen LogP contribution in [0.2, 0.25) is 0 Å². The minimum absolute atomic E-state index is 0.162. The molecule has 2 aliphatic carbocycles. The van der Waals surface area contributed by atoms with Crippen molar-refractivity contribution >= 4 is 11.7 Å². The summed E-state index contributed by atoms with van der Waals surface area (Å²) in [4.78, 5) is 31.9. The highest BCUT2D eigenvalue weighted by Gasteiger charge is 2.36. The van der Waals surface area contributed by atoms with Crippen LogP contribution in [0.25, 0.3) is 0 Å². The summed E-state index contributed by atoms with van der Waals surface area (Å²) in [5.41, 5.74) is 1.20. The Hall–Kier alpha value is -2.34. The van der Waals surface area contributed by atoms with Gasteiger partial charge in [-0.2, -0.15) is 0 Å². The van der Waals surface area contributed by atoms with Crippen molar-refractivity contribution in [2.75, 3.05) is 52.9 Å². The zero-order chi connectivity index (χ0) is 20.9. The fourth-order valence-corrected chi connectivity index (χ4v) is 4.87. The second-order valence-electron chi connectivity index (χ2n) is 8.64. The molecule has 6 heteroatoms. The van der Waals surface area contributed by atoms with Crippen molar-refractivity contribution in [1.82, 2.24) is 14.7 Å². The topological polar surface area (TPSA) is 53.1 Å². The van der Waals surface area contributed by atoms with Gasteiger partial charge in [0, 0.05) is 51.7 Å². The van der Waals surface area contributed by atoms with Gasteiger partial charge < -0.3 is 14.5 Å². The second kappa shape index (κ2) is 9.65. The lowest BCUT2D eigenvalue weighted by Crippen LogP contribution is -2.53. The summed E-state index contributed by atoms with van der Waals surface area (Å²) in [5.74, 6) is 0.668. The van der Waals surface area contributed by atoms with Crippen LogP contribution in [0.5, 0.6) is 0 Å². The van der Waals surface area contributed by atoms with Crippen LogP contribution in [0, 0.1) is 11.8 Å². The van der Waals surface area contributed by atoms with Crippen molar-refractivity contribution in [3.63, 3.8) is 0 Å². The van der Waals surface area contributed by atoms with E-state index in [2.05, 4.69) is 34.1 Å². The van der Waals surface area contributed by atoms with Crippen molar-refractivity contribution in [1.29, 1.82) is 0 Å². The number of likely N-dealkylation sites (tertiary alicyclic amines) is 1. The first-order valence-electron chi connectivity index (χ1n) is 11.2. The summed E-state index contributed by atoms with van der Waals surface area (Å²) in [7, 11) is 1.73. The van der Waals surface area contributed by atoms with E-state index < -0.39 is 0 Å². The highest BCUT2D eigenvalue weighted by atomic mass is 16.5. The number of amides is 1. The number of ketones is 1. The van der Waals surface area contributed by atoms with E-state index in [0.29, 0.717) is 25.6 Å². The molecule has 2 unspecified atom stereocenters. The molecule has 4 rings (SSSR count). The maximum Gasteiger partial charge on any atom is 0.290 e. The summed E-state index contributed by atoms with van der Waals surface area (Å²) in [5, 5.41) is 0. The Bertz CT molecular complexity index is 775. The molecular formula is C24H33N3O3. The Kier molecular flexibility index (Phi) is 6.72. The van der Waals surface area contributed by atoms with Gasteiger partial charge in [0.05, 0.1) is 12.8 Å². The first-order valence-corrected chi connectivity index (χ1v) is 11.2. The Morgan fingerprint density at radius 2 is 1.80 bits per heavy atom. The average Bonchev–Trinajstić information content (AvgIpc) is 2.80. The van der Waals surface area contributed by atoms with E-state index in [1.807, 2.05) is 12.2 Å². The van der Waals surface area contributed by atoms with E-state index in [0.717, 1.165) is 57.6 Å². The highest BCUT2D eigenvalue weighted by Crippen LogP contribution is 2.25. The van der Waals surface area contributed by atoms with Crippen LogP contribution in [0.3, 0.4) is 0 Å². The van der Waals surface area contributed by atoms with Gasteiger partial charge in [0.1, 0.15) is 5.76 Å². The van der Waals surface area contributed by atoms with E-state index in [1.165, 1.54) is 5.70 Å². The van der Waals surface area contributed by atoms with Gasteiger partial charge >= 0.3 is 0 Å². The SMILES string of the molecule is COC1=CCCC=C1N1CCN(CC2CCN(CC3C=CC=CC3)C(=O)C2=O)CC1. The summed E-state index contributed by atoms with van der Waals surface area (Å²) < 4.78 is 5.54. The molecule has 2 heterocycles. The first-order chi connectivity index (χ1) is 14.7. The van der Waals surface area contributed by atoms with Crippen LogP contribution in [-0.4, -0.2) is 79.3 Å². The predicted molar refractivity (Wildman–Crippen MR) is 117 cm³/mol. The molecule has 0 spiro atoms. The molecule has 162 valence electrons. The van der Waals surface area contributed by atoms with Gasteiger partial charge in [-0.3, -0.25) is 14.5 Å². The molecule has 0 aromatic rings. The van der Waals surface area contributed by atoms with Gasteiger partial charge in [0.25, 0.3) is 5.91 Å². The lowest BCUT2D eigenvalue weighted by atomic mass is 9.92. The number of methoxy groups -OCH3 is 1. The molecule has 2 aliphatic heterocycles. The van der Waals surface area contributed by atoms with E-state index in [1.54, 1.807) is 12.0 Å². The van der Waals surface area contributed by atoms with Crippen molar-refractivity contribution in [2.24, 2.45) is 11.8 Å². The van der Waals surface area contributed by atoms with Gasteiger partial charge in [0.15, 0.2) is 0 Å². The lowest BCUT2D eigenvalue weighted by molar-refractivity contribution is -0.150. The third-order valence-corrected chi connectivity index (χ3v) is 6.64. The number of allylic oxidation sites excluding steroid dienone is 5. The summed E-state index contributed by atoms with van der Waals surface area (Å²) in [6.45, 7) is 5.72. The van der Waals surface area contributed by atoms with Gasteiger partial charge in [-0.15, -0.1) is 0 Å². The van der Waals surface area contributed by atoms with Gasteiger partial charge in [-0.25, -0.2) is 0 Å². The van der Waals surface area contributed by atoms with Crippen LogP contribution in [-0.2, 0) is 14.3 Å². The third kappa shape index (κ3) is 4.69. The minimum Gasteiger partial charge on any atom is -0.495 e. The molecule has 0 aromatic carbocycles. The molecule has 1 amide bonds. The first kappa shape index (κ1) is 20.9. The van der Waals surface area contributed by atoms with Gasteiger partial charge in [0.2, 0.25) is 5.78 Å². The molecule has 0 N–H and O–H groups in total. The van der Waals surface area contributed by atoms with Crippen molar-refractivity contribution in [3.05, 3.63) is 47.9 Å². The Morgan fingerprint density at radius 3 is 2.53 bits per heavy atom. The van der Waals surface area contributed by atoms with Gasteiger partial charge in [-0.05, 0) is 37.7 Å². The summed E-state index contributed by atoms with van der Waals surface area (Å²) in [6, 6.07) is 0. The Labute approximate surface area is 179 Å². The van der Waals surface area contributed by atoms with Gasteiger partial charge in [-0.1, -0.05) is 30.4 Å². The molecular weight excluding hydrogens is 378 g/mol. The van der Waals surface area contributed by atoms with Crippen LogP contribution in [0.15, 0.2) is 47.9 Å². The number of Topliss-reactive ketones (excluding diaryl/α,β-unsaturated/α-hetero) is 1. The number of piperidine rings is 1. The molecule has 6 nitrogen and oxygen atoms in total. The molecule has 2 fully saturated rings. The van der Waals surface area contributed by atoms with Crippen molar-refractivity contribution in [2.45, 2.75) is 25.7 Å². The number of carbonyl (C=O) groups is 2. The van der Waals surface area contributed by atoms with E-state index >= 15 is 0 Å². The second-order valence-corrected chi connectivity index (χ2v) is 8.64. The van der Waals surface area contributed by atoms with Crippen LogP contribution in [0.4, 0.5) is 0 Å². The molecule has 0 aromatic heterocycles. The molecule has 0 radical (unpaired) electrons. The molecule has 30 heavy (non-hydrogen) atoms. The predicted octanol–water partition coefficient (Wildman–Crippen LogP) is 2.36. The van der Waals surface area contributed by atoms with Crippen molar-refractivity contribution in [3.8, 4) is 0 Å². The number of piperazine rings is 1. The smallest absolute Gasteiger partial charge is 0.290 e. The number of hydrogen-bond donors (Lipinski definition) is 0. The number of rotatable bonds is 6. The molecule has 2 saturated heterocycles. The van der Waals surface area contributed by atoms with Crippen LogP contribution < -0.4 is 0 Å². The lowest BCUT2D eigenvalue weighted by Gasteiger charge is -2.40. The highest BCUT2D eigenvalue weighted by molar-refractivity contribution is 6.37. The maximum absolute atomic E-state index is 12.8. The Morgan fingerprint density at radius 1 is 1.00 bits per heavy atom. The fourth-order valence-electron chi connectivity index (χ4n) is 4.87. The molecule has 2 atom stereocenters. The van der Waals surface area contributed by atoms with Crippen LogP contribution >= 0.6 is 0 Å². The largest absolute Gasteiger partial charge is 0.495 e. The monoisotopic (exact) mass is 411 g/mol. The summed E-state index contributed by atoms with van der Waals surface area (Å²) >= 11 is 0. The number of nitrogens with zero attached hydrogens (tertiary/aromatic N) is 3. The minimum atomic E-state index is -0.282. The summed E-state index contributed by atoms with van der Waals surface area (Å²) in [6.07, 6.45) is 16.6. The Balaban J connectivity index is 1.26.